The third kappa shape index (κ3) is 3.31. The van der Waals surface area contributed by atoms with E-state index >= 15 is 0 Å². The second-order valence-electron chi connectivity index (χ2n) is 3.98. The molecule has 92 valence electrons. The van der Waals surface area contributed by atoms with E-state index in [1.54, 1.807) is 18.2 Å². The second-order valence-corrected chi connectivity index (χ2v) is 3.98. The van der Waals surface area contributed by atoms with E-state index in [-0.39, 0.29) is 18.1 Å². The molecule has 0 aliphatic carbocycles. The van der Waals surface area contributed by atoms with Crippen LogP contribution in [0.3, 0.4) is 0 Å². The van der Waals surface area contributed by atoms with E-state index in [9.17, 15) is 9.18 Å². The van der Waals surface area contributed by atoms with Crippen molar-refractivity contribution in [2.24, 2.45) is 0 Å². The van der Waals surface area contributed by atoms with Gasteiger partial charge in [-0.25, -0.2) is 4.39 Å². The molecule has 4 heteroatoms. The number of nitrogens with one attached hydrogen (secondary N) is 1. The molecule has 0 saturated heterocycles. The van der Waals surface area contributed by atoms with Gasteiger partial charge in [-0.1, -0.05) is 12.1 Å². The largest absolute Gasteiger partial charge is 0.399 e. The van der Waals surface area contributed by atoms with Crippen molar-refractivity contribution >= 4 is 17.3 Å². The molecular weight excluding hydrogens is 231 g/mol. The zero-order valence-corrected chi connectivity index (χ0v) is 9.69. The molecule has 2 rings (SSSR count). The van der Waals surface area contributed by atoms with Crippen LogP contribution in [0.25, 0.3) is 0 Å². The summed E-state index contributed by atoms with van der Waals surface area (Å²) < 4.78 is 12.7. The van der Waals surface area contributed by atoms with E-state index in [0.717, 1.165) is 5.56 Å². The molecule has 0 unspecified atom stereocenters. The minimum absolute atomic E-state index is 0.160. The highest BCUT2D eigenvalue weighted by atomic mass is 19.1. The monoisotopic (exact) mass is 244 g/mol. The van der Waals surface area contributed by atoms with E-state index in [1.807, 2.05) is 6.07 Å². The van der Waals surface area contributed by atoms with Crippen molar-refractivity contribution in [2.75, 3.05) is 11.1 Å². The van der Waals surface area contributed by atoms with Gasteiger partial charge in [-0.3, -0.25) is 4.79 Å². The van der Waals surface area contributed by atoms with Gasteiger partial charge in [-0.05, 0) is 42.0 Å². The van der Waals surface area contributed by atoms with Gasteiger partial charge >= 0.3 is 0 Å². The molecule has 0 fully saturated rings. The van der Waals surface area contributed by atoms with Crippen molar-refractivity contribution < 1.29 is 9.18 Å². The fourth-order valence-electron chi connectivity index (χ4n) is 1.63. The standard InChI is InChI=1S/C14H13FN2O/c15-11-4-6-13(7-5-11)17-14(18)9-10-2-1-3-12(16)8-10/h1-8H,9,16H2,(H,17,18). The quantitative estimate of drug-likeness (QED) is 0.815. The highest BCUT2D eigenvalue weighted by Crippen LogP contribution is 2.11. The topological polar surface area (TPSA) is 55.1 Å². The third-order valence-electron chi connectivity index (χ3n) is 2.44. The SMILES string of the molecule is Nc1cccc(CC(=O)Nc2ccc(F)cc2)c1. The van der Waals surface area contributed by atoms with Gasteiger partial charge in [0.2, 0.25) is 5.91 Å². The number of amides is 1. The number of hydrogen-bond donors (Lipinski definition) is 2. The summed E-state index contributed by atoms with van der Waals surface area (Å²) in [7, 11) is 0. The Morgan fingerprint density at radius 2 is 1.89 bits per heavy atom. The molecule has 3 N–H and O–H groups in total. The first-order valence-electron chi connectivity index (χ1n) is 5.53. The van der Waals surface area contributed by atoms with Crippen molar-refractivity contribution in [3.8, 4) is 0 Å². The number of hydrogen-bond acceptors (Lipinski definition) is 2. The molecule has 0 heterocycles. The zero-order chi connectivity index (χ0) is 13.0. The predicted octanol–water partition coefficient (Wildman–Crippen LogP) is 2.59. The van der Waals surface area contributed by atoms with Crippen molar-refractivity contribution in [2.45, 2.75) is 6.42 Å². The molecule has 0 saturated carbocycles. The van der Waals surface area contributed by atoms with Gasteiger partial charge in [0.25, 0.3) is 0 Å². The maximum Gasteiger partial charge on any atom is 0.228 e. The van der Waals surface area contributed by atoms with Crippen LogP contribution < -0.4 is 11.1 Å². The lowest BCUT2D eigenvalue weighted by Crippen LogP contribution is -2.14. The van der Waals surface area contributed by atoms with Crippen LogP contribution >= 0.6 is 0 Å². The molecule has 0 radical (unpaired) electrons. The number of carbonyl (C=O) groups is 1. The Morgan fingerprint density at radius 3 is 2.56 bits per heavy atom. The molecule has 0 spiro atoms. The Labute approximate surface area is 104 Å². The summed E-state index contributed by atoms with van der Waals surface area (Å²) >= 11 is 0. The Bertz CT molecular complexity index is 552. The van der Waals surface area contributed by atoms with E-state index in [1.165, 1.54) is 24.3 Å². The summed E-state index contributed by atoms with van der Waals surface area (Å²) in [6.07, 6.45) is 0.239. The average Bonchev–Trinajstić information content (AvgIpc) is 2.32. The first kappa shape index (κ1) is 12.1. The lowest BCUT2D eigenvalue weighted by molar-refractivity contribution is -0.115. The molecule has 0 aliphatic heterocycles. The van der Waals surface area contributed by atoms with Crippen LogP contribution in [0.2, 0.25) is 0 Å². The maximum atomic E-state index is 12.7. The van der Waals surface area contributed by atoms with Crippen LogP contribution in [0.4, 0.5) is 15.8 Å². The molecule has 3 nitrogen and oxygen atoms in total. The number of rotatable bonds is 3. The van der Waals surface area contributed by atoms with Gasteiger partial charge in [0.15, 0.2) is 0 Å². The minimum Gasteiger partial charge on any atom is -0.399 e. The van der Waals surface area contributed by atoms with Crippen LogP contribution in [0.15, 0.2) is 48.5 Å². The van der Waals surface area contributed by atoms with Crippen LogP contribution in [0, 0.1) is 5.82 Å². The Balaban J connectivity index is 1.98. The van der Waals surface area contributed by atoms with Crippen LogP contribution in [-0.4, -0.2) is 5.91 Å². The van der Waals surface area contributed by atoms with E-state index in [4.69, 9.17) is 5.73 Å². The number of anilines is 2. The highest BCUT2D eigenvalue weighted by Gasteiger charge is 2.04. The summed E-state index contributed by atoms with van der Waals surface area (Å²) in [5.74, 6) is -0.490. The van der Waals surface area contributed by atoms with E-state index < -0.39 is 0 Å². The van der Waals surface area contributed by atoms with Crippen LogP contribution in [-0.2, 0) is 11.2 Å². The van der Waals surface area contributed by atoms with Crippen molar-refractivity contribution in [3.05, 3.63) is 59.9 Å². The third-order valence-corrected chi connectivity index (χ3v) is 2.44. The normalized spacial score (nSPS) is 10.1. The summed E-state index contributed by atoms with van der Waals surface area (Å²) in [5.41, 5.74) is 7.67. The van der Waals surface area contributed by atoms with Crippen molar-refractivity contribution in [1.29, 1.82) is 0 Å². The molecule has 2 aromatic carbocycles. The lowest BCUT2D eigenvalue weighted by Gasteiger charge is -2.05. The highest BCUT2D eigenvalue weighted by molar-refractivity contribution is 5.92. The van der Waals surface area contributed by atoms with E-state index in [2.05, 4.69) is 5.32 Å². The molecule has 0 atom stereocenters. The number of benzene rings is 2. The van der Waals surface area contributed by atoms with Gasteiger partial charge < -0.3 is 11.1 Å². The van der Waals surface area contributed by atoms with E-state index in [0.29, 0.717) is 11.4 Å². The first-order valence-corrected chi connectivity index (χ1v) is 5.53. The minimum atomic E-state index is -0.330. The van der Waals surface area contributed by atoms with Gasteiger partial charge in [0.1, 0.15) is 5.82 Å². The van der Waals surface area contributed by atoms with Crippen molar-refractivity contribution in [3.63, 3.8) is 0 Å². The Hall–Kier alpha value is -2.36. The Morgan fingerprint density at radius 1 is 1.17 bits per heavy atom. The zero-order valence-electron chi connectivity index (χ0n) is 9.69. The van der Waals surface area contributed by atoms with Crippen LogP contribution in [0.5, 0.6) is 0 Å². The van der Waals surface area contributed by atoms with Gasteiger partial charge in [0.05, 0.1) is 6.42 Å². The summed E-state index contributed by atoms with van der Waals surface area (Å²) in [4.78, 5) is 11.7. The smallest absolute Gasteiger partial charge is 0.228 e. The lowest BCUT2D eigenvalue weighted by atomic mass is 10.1. The fourth-order valence-corrected chi connectivity index (χ4v) is 1.63. The molecule has 2 aromatic rings. The summed E-state index contributed by atoms with van der Waals surface area (Å²) in [6, 6.07) is 12.8. The number of nitrogen functional groups attached to an aromatic ring is 1. The molecule has 18 heavy (non-hydrogen) atoms. The molecule has 0 aliphatic rings. The predicted molar refractivity (Wildman–Crippen MR) is 69.6 cm³/mol. The number of nitrogens with two attached hydrogens (primary N) is 1. The van der Waals surface area contributed by atoms with Crippen molar-refractivity contribution in [1.82, 2.24) is 0 Å². The van der Waals surface area contributed by atoms with Gasteiger partial charge in [0, 0.05) is 11.4 Å². The number of halogens is 1. The molecule has 0 bridgehead atoms. The first-order chi connectivity index (χ1) is 8.63. The molecule has 1 amide bonds. The fraction of sp³-hybridized carbons (Fsp3) is 0.0714. The maximum absolute atomic E-state index is 12.7. The summed E-state index contributed by atoms with van der Waals surface area (Å²) in [5, 5.41) is 2.69. The molecule has 0 aromatic heterocycles. The van der Waals surface area contributed by atoms with Gasteiger partial charge in [-0.15, -0.1) is 0 Å². The second kappa shape index (κ2) is 5.31. The molecular formula is C14H13FN2O. The Kier molecular flexibility index (Phi) is 3.57. The van der Waals surface area contributed by atoms with Crippen LogP contribution in [0.1, 0.15) is 5.56 Å². The summed E-state index contributed by atoms with van der Waals surface area (Å²) in [6.45, 7) is 0. The van der Waals surface area contributed by atoms with Gasteiger partial charge in [-0.2, -0.15) is 0 Å². The average molecular weight is 244 g/mol. The number of carbonyl (C=O) groups excluding carboxylic acids is 1.